The number of rotatable bonds is 7. The minimum Gasteiger partial charge on any atom is -0.466 e. The Morgan fingerprint density at radius 1 is 1.17 bits per heavy atom. The molecule has 0 amide bonds. The first-order chi connectivity index (χ1) is 14.3. The van der Waals surface area contributed by atoms with Crippen LogP contribution in [-0.2, 0) is 19.6 Å². The van der Waals surface area contributed by atoms with Gasteiger partial charge in [0.25, 0.3) is 0 Å². The lowest BCUT2D eigenvalue weighted by atomic mass is 9.92. The normalized spacial score (nSPS) is 22.0. The maximum Gasteiger partial charge on any atom is 0.306 e. The summed E-state index contributed by atoms with van der Waals surface area (Å²) in [5.74, 6) is -1.37. The minimum absolute atomic E-state index is 0.0629. The van der Waals surface area contributed by atoms with E-state index in [0.29, 0.717) is 5.56 Å². The molecule has 0 aromatic heterocycles. The van der Waals surface area contributed by atoms with Crippen LogP contribution in [0, 0.1) is 23.0 Å². The summed E-state index contributed by atoms with van der Waals surface area (Å²) in [5.41, 5.74) is 1.42. The van der Waals surface area contributed by atoms with Gasteiger partial charge in [0.1, 0.15) is 6.04 Å². The Labute approximate surface area is 175 Å². The number of esters is 1. The predicted molar refractivity (Wildman–Crippen MR) is 110 cm³/mol. The molecule has 1 fully saturated rings. The standard InChI is InChI=1S/C21H24N2O6S/c1-3-29-19(24)13-17-14-22(30(27,28)18-11-9-15(2)10-12-18)20(21(17)23(25)26)16-7-5-4-6-8-16/h4-12,17,20-21H,3,13-14H2,1-2H3/t17-,20+,21-/m0/s1. The van der Waals surface area contributed by atoms with Gasteiger partial charge in [-0.2, -0.15) is 4.31 Å². The topological polar surface area (TPSA) is 107 Å². The van der Waals surface area contributed by atoms with Crippen LogP contribution in [0.25, 0.3) is 0 Å². The minimum atomic E-state index is -4.02. The Morgan fingerprint density at radius 2 is 1.80 bits per heavy atom. The third-order valence-corrected chi connectivity index (χ3v) is 7.14. The van der Waals surface area contributed by atoms with Gasteiger partial charge in [-0.25, -0.2) is 8.42 Å². The molecule has 0 unspecified atom stereocenters. The highest BCUT2D eigenvalue weighted by molar-refractivity contribution is 7.89. The van der Waals surface area contributed by atoms with Crippen molar-refractivity contribution in [3.8, 4) is 0 Å². The molecule has 2 aromatic rings. The van der Waals surface area contributed by atoms with Gasteiger partial charge >= 0.3 is 5.97 Å². The van der Waals surface area contributed by atoms with Crippen LogP contribution < -0.4 is 0 Å². The van der Waals surface area contributed by atoms with Gasteiger partial charge in [-0.15, -0.1) is 0 Å². The largest absolute Gasteiger partial charge is 0.466 e. The van der Waals surface area contributed by atoms with E-state index in [4.69, 9.17) is 4.74 Å². The van der Waals surface area contributed by atoms with Gasteiger partial charge in [-0.05, 0) is 31.5 Å². The van der Waals surface area contributed by atoms with Crippen LogP contribution in [0.15, 0.2) is 59.5 Å². The van der Waals surface area contributed by atoms with Crippen LogP contribution in [0.3, 0.4) is 0 Å². The second kappa shape index (κ2) is 8.93. The van der Waals surface area contributed by atoms with Gasteiger partial charge in [0, 0.05) is 11.5 Å². The summed E-state index contributed by atoms with van der Waals surface area (Å²) in [6, 6.07) is 12.6. The summed E-state index contributed by atoms with van der Waals surface area (Å²) in [7, 11) is -4.02. The van der Waals surface area contributed by atoms with E-state index in [1.807, 2.05) is 6.92 Å². The molecule has 0 N–H and O–H groups in total. The number of nitro groups is 1. The molecule has 1 saturated heterocycles. The van der Waals surface area contributed by atoms with Crippen molar-refractivity contribution in [2.45, 2.75) is 37.2 Å². The van der Waals surface area contributed by atoms with E-state index in [2.05, 4.69) is 0 Å². The van der Waals surface area contributed by atoms with Crippen molar-refractivity contribution in [3.63, 3.8) is 0 Å². The molecule has 1 aliphatic heterocycles. The quantitative estimate of drug-likeness (QED) is 0.378. The second-order valence-corrected chi connectivity index (χ2v) is 9.18. The highest BCUT2D eigenvalue weighted by atomic mass is 32.2. The predicted octanol–water partition coefficient (Wildman–Crippen LogP) is 2.96. The van der Waals surface area contributed by atoms with Gasteiger partial charge in [-0.3, -0.25) is 14.9 Å². The molecule has 2 aromatic carbocycles. The third-order valence-electron chi connectivity index (χ3n) is 5.28. The number of hydrogen-bond acceptors (Lipinski definition) is 6. The third kappa shape index (κ3) is 4.36. The van der Waals surface area contributed by atoms with Crippen LogP contribution >= 0.6 is 0 Å². The molecular weight excluding hydrogens is 408 g/mol. The Kier molecular flexibility index (Phi) is 6.52. The van der Waals surface area contributed by atoms with Crippen LogP contribution in [0.4, 0.5) is 0 Å². The van der Waals surface area contributed by atoms with Crippen LogP contribution in [0.2, 0.25) is 0 Å². The SMILES string of the molecule is CCOC(=O)C[C@H]1CN(S(=O)(=O)c2ccc(C)cc2)[C@H](c2ccccc2)[C@H]1[N+](=O)[O-]. The van der Waals surface area contributed by atoms with E-state index in [1.54, 1.807) is 49.4 Å². The summed E-state index contributed by atoms with van der Waals surface area (Å²) in [6.07, 6.45) is -0.220. The average molecular weight is 432 g/mol. The number of ether oxygens (including phenoxy) is 1. The fraction of sp³-hybridized carbons (Fsp3) is 0.381. The van der Waals surface area contributed by atoms with Crippen LogP contribution in [0.5, 0.6) is 0 Å². The molecule has 1 aliphatic rings. The Bertz CT molecular complexity index is 1010. The smallest absolute Gasteiger partial charge is 0.306 e. The molecule has 0 aliphatic carbocycles. The number of carbonyl (C=O) groups excluding carboxylic acids is 1. The van der Waals surface area contributed by atoms with E-state index in [1.165, 1.54) is 12.1 Å². The summed E-state index contributed by atoms with van der Waals surface area (Å²) < 4.78 is 33.0. The van der Waals surface area contributed by atoms with Crippen molar-refractivity contribution < 1.29 is 22.9 Å². The van der Waals surface area contributed by atoms with Gasteiger partial charge in [0.05, 0.1) is 23.8 Å². The van der Waals surface area contributed by atoms with Gasteiger partial charge < -0.3 is 4.74 Å². The Morgan fingerprint density at radius 3 is 2.37 bits per heavy atom. The molecule has 0 bridgehead atoms. The van der Waals surface area contributed by atoms with E-state index < -0.39 is 38.9 Å². The summed E-state index contributed by atoms with van der Waals surface area (Å²) in [4.78, 5) is 23.7. The molecule has 160 valence electrons. The fourth-order valence-electron chi connectivity index (χ4n) is 3.89. The summed E-state index contributed by atoms with van der Waals surface area (Å²) >= 11 is 0. The molecular formula is C21H24N2O6S. The van der Waals surface area contributed by atoms with Crippen LogP contribution in [-0.4, -0.2) is 42.8 Å². The zero-order valence-corrected chi connectivity index (χ0v) is 17.6. The molecule has 30 heavy (non-hydrogen) atoms. The first kappa shape index (κ1) is 21.9. The molecule has 0 saturated carbocycles. The lowest BCUT2D eigenvalue weighted by Crippen LogP contribution is -2.36. The van der Waals surface area contributed by atoms with E-state index in [-0.39, 0.29) is 24.5 Å². The van der Waals surface area contributed by atoms with Gasteiger partial charge in [0.15, 0.2) is 0 Å². The number of benzene rings is 2. The Balaban J connectivity index is 2.07. The highest BCUT2D eigenvalue weighted by Crippen LogP contribution is 2.42. The first-order valence-electron chi connectivity index (χ1n) is 9.68. The van der Waals surface area contributed by atoms with Crippen molar-refractivity contribution in [2.24, 2.45) is 5.92 Å². The van der Waals surface area contributed by atoms with Crippen molar-refractivity contribution in [2.75, 3.05) is 13.2 Å². The molecule has 9 heteroatoms. The maximum absolute atomic E-state index is 13.4. The van der Waals surface area contributed by atoms with Crippen molar-refractivity contribution in [3.05, 3.63) is 75.8 Å². The zero-order valence-electron chi connectivity index (χ0n) is 16.8. The Hall–Kier alpha value is -2.78. The molecule has 8 nitrogen and oxygen atoms in total. The molecule has 0 radical (unpaired) electrons. The lowest BCUT2D eigenvalue weighted by Gasteiger charge is -2.24. The zero-order chi connectivity index (χ0) is 21.9. The van der Waals surface area contributed by atoms with Gasteiger partial charge in [-0.1, -0.05) is 48.0 Å². The number of nitrogens with zero attached hydrogens (tertiary/aromatic N) is 2. The van der Waals surface area contributed by atoms with Crippen LogP contribution in [0.1, 0.15) is 30.5 Å². The fourth-order valence-corrected chi connectivity index (χ4v) is 5.58. The van der Waals surface area contributed by atoms with Crippen molar-refractivity contribution in [1.82, 2.24) is 4.31 Å². The molecule has 0 spiro atoms. The van der Waals surface area contributed by atoms with E-state index >= 15 is 0 Å². The number of sulfonamides is 1. The summed E-state index contributed by atoms with van der Waals surface area (Å²) in [6.45, 7) is 3.51. The van der Waals surface area contributed by atoms with Crippen molar-refractivity contribution in [1.29, 1.82) is 0 Å². The maximum atomic E-state index is 13.4. The van der Waals surface area contributed by atoms with Crippen molar-refractivity contribution >= 4 is 16.0 Å². The number of hydrogen-bond donors (Lipinski definition) is 0. The second-order valence-electron chi connectivity index (χ2n) is 7.29. The highest BCUT2D eigenvalue weighted by Gasteiger charge is 2.55. The first-order valence-corrected chi connectivity index (χ1v) is 11.1. The molecule has 3 atom stereocenters. The van der Waals surface area contributed by atoms with E-state index in [0.717, 1.165) is 9.87 Å². The number of carbonyl (C=O) groups is 1. The molecule has 1 heterocycles. The van der Waals surface area contributed by atoms with E-state index in [9.17, 15) is 23.3 Å². The number of aryl methyl sites for hydroxylation is 1. The molecule has 3 rings (SSSR count). The van der Waals surface area contributed by atoms with Gasteiger partial charge in [0.2, 0.25) is 16.1 Å². The average Bonchev–Trinajstić information content (AvgIpc) is 3.09. The lowest BCUT2D eigenvalue weighted by molar-refractivity contribution is -0.532. The summed E-state index contributed by atoms with van der Waals surface area (Å²) in [5, 5.41) is 12.0. The monoisotopic (exact) mass is 432 g/mol.